The Hall–Kier alpha value is -1.42. The number of carbonyl (C=O) groups is 1. The molecule has 4 heteroatoms. The number of esters is 1. The van der Waals surface area contributed by atoms with E-state index in [2.05, 4.69) is 4.98 Å². The average Bonchev–Trinajstić information content (AvgIpc) is 2.24. The van der Waals surface area contributed by atoms with Crippen LogP contribution in [-0.4, -0.2) is 23.1 Å². The van der Waals surface area contributed by atoms with Gasteiger partial charge in [0.2, 0.25) is 0 Å². The normalized spacial score (nSPS) is 17.6. The van der Waals surface area contributed by atoms with Gasteiger partial charge in [0, 0.05) is 12.4 Å². The van der Waals surface area contributed by atoms with Gasteiger partial charge in [-0.3, -0.25) is 9.78 Å². The van der Waals surface area contributed by atoms with Gasteiger partial charge in [-0.15, -0.1) is 0 Å². The molecule has 1 fully saturated rings. The average molecular weight is 220 g/mol. The first-order valence-corrected chi connectivity index (χ1v) is 5.60. The van der Waals surface area contributed by atoms with Crippen LogP contribution in [0.2, 0.25) is 0 Å². The number of hydrogen-bond acceptors (Lipinski definition) is 4. The third-order valence-electron chi connectivity index (χ3n) is 2.82. The molecule has 0 spiro atoms. The quantitative estimate of drug-likeness (QED) is 0.770. The van der Waals surface area contributed by atoms with Gasteiger partial charge in [-0.2, -0.15) is 0 Å². The van der Waals surface area contributed by atoms with Crippen LogP contribution in [0.4, 0.5) is 0 Å². The number of aromatic nitrogens is 1. The number of rotatable bonds is 4. The molecular formula is C12H16N2O2. The summed E-state index contributed by atoms with van der Waals surface area (Å²) in [6.07, 6.45) is 7.11. The Morgan fingerprint density at radius 3 is 3.00 bits per heavy atom. The number of carbonyl (C=O) groups excluding carboxylic acids is 1. The lowest BCUT2D eigenvalue weighted by Crippen LogP contribution is -2.38. The molecular weight excluding hydrogens is 204 g/mol. The van der Waals surface area contributed by atoms with Crippen molar-refractivity contribution in [2.75, 3.05) is 0 Å². The number of hydrogen-bond donors (Lipinski definition) is 1. The van der Waals surface area contributed by atoms with Crippen molar-refractivity contribution in [1.29, 1.82) is 0 Å². The van der Waals surface area contributed by atoms with E-state index < -0.39 is 6.04 Å². The fourth-order valence-electron chi connectivity index (χ4n) is 1.60. The van der Waals surface area contributed by atoms with E-state index >= 15 is 0 Å². The van der Waals surface area contributed by atoms with Crippen molar-refractivity contribution >= 4 is 5.97 Å². The molecule has 0 bridgehead atoms. The lowest BCUT2D eigenvalue weighted by atomic mass is 9.96. The molecule has 1 aliphatic carbocycles. The SMILES string of the molecule is N[C@H](Cc1cccnc1)C(=O)OC1CCC1. The minimum atomic E-state index is -0.579. The summed E-state index contributed by atoms with van der Waals surface area (Å²) in [5.41, 5.74) is 6.73. The second-order valence-corrected chi connectivity index (χ2v) is 4.16. The van der Waals surface area contributed by atoms with Gasteiger partial charge in [0.25, 0.3) is 0 Å². The predicted molar refractivity (Wildman–Crippen MR) is 59.6 cm³/mol. The molecule has 0 amide bonds. The van der Waals surface area contributed by atoms with Crippen LogP contribution in [0.5, 0.6) is 0 Å². The first-order chi connectivity index (χ1) is 7.75. The molecule has 16 heavy (non-hydrogen) atoms. The summed E-state index contributed by atoms with van der Waals surface area (Å²) in [6, 6.07) is 3.16. The molecule has 2 N–H and O–H groups in total. The Labute approximate surface area is 94.8 Å². The standard InChI is InChI=1S/C12H16N2O2/c13-11(7-9-3-2-6-14-8-9)12(15)16-10-4-1-5-10/h2-3,6,8,10-11H,1,4-5,7,13H2/t11-/m1/s1. The van der Waals surface area contributed by atoms with Crippen LogP contribution >= 0.6 is 0 Å². The molecule has 2 rings (SSSR count). The van der Waals surface area contributed by atoms with E-state index in [9.17, 15) is 4.79 Å². The van der Waals surface area contributed by atoms with E-state index in [0.29, 0.717) is 6.42 Å². The second kappa shape index (κ2) is 5.07. The Morgan fingerprint density at radius 1 is 1.62 bits per heavy atom. The zero-order valence-electron chi connectivity index (χ0n) is 9.13. The van der Waals surface area contributed by atoms with Crippen LogP contribution in [0, 0.1) is 0 Å². The molecule has 1 atom stereocenters. The van der Waals surface area contributed by atoms with E-state index in [1.807, 2.05) is 12.1 Å². The van der Waals surface area contributed by atoms with Crippen molar-refractivity contribution in [2.24, 2.45) is 5.73 Å². The Morgan fingerprint density at radius 2 is 2.44 bits per heavy atom. The molecule has 1 heterocycles. The van der Waals surface area contributed by atoms with Crippen LogP contribution < -0.4 is 5.73 Å². The molecule has 86 valence electrons. The summed E-state index contributed by atoms with van der Waals surface area (Å²) in [5.74, 6) is -0.298. The van der Waals surface area contributed by atoms with Crippen molar-refractivity contribution in [3.63, 3.8) is 0 Å². The summed E-state index contributed by atoms with van der Waals surface area (Å²) < 4.78 is 5.24. The first-order valence-electron chi connectivity index (χ1n) is 5.60. The van der Waals surface area contributed by atoms with Crippen LogP contribution in [0.25, 0.3) is 0 Å². The van der Waals surface area contributed by atoms with Crippen LogP contribution in [0.15, 0.2) is 24.5 Å². The van der Waals surface area contributed by atoms with Crippen LogP contribution in [0.1, 0.15) is 24.8 Å². The highest BCUT2D eigenvalue weighted by Gasteiger charge is 2.24. The predicted octanol–water partition coefficient (Wildman–Crippen LogP) is 1.05. The minimum Gasteiger partial charge on any atom is -0.461 e. The summed E-state index contributed by atoms with van der Waals surface area (Å²) in [6.45, 7) is 0. The van der Waals surface area contributed by atoms with Gasteiger partial charge >= 0.3 is 5.97 Å². The molecule has 4 nitrogen and oxygen atoms in total. The highest BCUT2D eigenvalue weighted by atomic mass is 16.5. The molecule has 0 unspecified atom stereocenters. The van der Waals surface area contributed by atoms with E-state index in [-0.39, 0.29) is 12.1 Å². The number of nitrogens with two attached hydrogens (primary N) is 1. The third kappa shape index (κ3) is 2.79. The zero-order chi connectivity index (χ0) is 11.4. The fraction of sp³-hybridized carbons (Fsp3) is 0.500. The molecule has 0 saturated heterocycles. The van der Waals surface area contributed by atoms with Crippen molar-refractivity contribution in [2.45, 2.75) is 37.8 Å². The Balaban J connectivity index is 1.82. The second-order valence-electron chi connectivity index (χ2n) is 4.16. The van der Waals surface area contributed by atoms with Gasteiger partial charge in [-0.25, -0.2) is 0 Å². The van der Waals surface area contributed by atoms with E-state index in [0.717, 1.165) is 24.8 Å². The van der Waals surface area contributed by atoms with Gasteiger partial charge in [-0.1, -0.05) is 6.07 Å². The third-order valence-corrected chi connectivity index (χ3v) is 2.82. The number of pyridine rings is 1. The first kappa shape index (κ1) is 11.1. The highest BCUT2D eigenvalue weighted by molar-refractivity contribution is 5.76. The van der Waals surface area contributed by atoms with E-state index in [1.54, 1.807) is 12.4 Å². The maximum absolute atomic E-state index is 11.6. The molecule has 0 aliphatic heterocycles. The molecule has 1 saturated carbocycles. The molecule has 0 radical (unpaired) electrons. The van der Waals surface area contributed by atoms with Gasteiger partial charge in [-0.05, 0) is 37.3 Å². The minimum absolute atomic E-state index is 0.104. The summed E-state index contributed by atoms with van der Waals surface area (Å²) in [7, 11) is 0. The maximum atomic E-state index is 11.6. The van der Waals surface area contributed by atoms with Gasteiger partial charge in [0.1, 0.15) is 12.1 Å². The monoisotopic (exact) mass is 220 g/mol. The molecule has 1 aromatic heterocycles. The number of nitrogens with zero attached hydrogens (tertiary/aromatic N) is 1. The zero-order valence-corrected chi connectivity index (χ0v) is 9.13. The molecule has 1 aromatic rings. The topological polar surface area (TPSA) is 65.2 Å². The lowest BCUT2D eigenvalue weighted by molar-refractivity contribution is -0.154. The lowest BCUT2D eigenvalue weighted by Gasteiger charge is -2.26. The van der Waals surface area contributed by atoms with Crippen molar-refractivity contribution in [3.05, 3.63) is 30.1 Å². The van der Waals surface area contributed by atoms with Crippen molar-refractivity contribution < 1.29 is 9.53 Å². The Bertz CT molecular complexity index is 349. The summed E-state index contributed by atoms with van der Waals surface area (Å²) >= 11 is 0. The number of ether oxygens (including phenoxy) is 1. The maximum Gasteiger partial charge on any atom is 0.323 e. The summed E-state index contributed by atoms with van der Waals surface area (Å²) in [5, 5.41) is 0. The molecule has 1 aliphatic rings. The summed E-state index contributed by atoms with van der Waals surface area (Å²) in [4.78, 5) is 15.6. The van der Waals surface area contributed by atoms with E-state index in [4.69, 9.17) is 10.5 Å². The van der Waals surface area contributed by atoms with Gasteiger partial charge in [0.15, 0.2) is 0 Å². The van der Waals surface area contributed by atoms with Crippen molar-refractivity contribution in [1.82, 2.24) is 4.98 Å². The van der Waals surface area contributed by atoms with E-state index in [1.165, 1.54) is 0 Å². The largest absolute Gasteiger partial charge is 0.461 e. The van der Waals surface area contributed by atoms with Crippen LogP contribution in [-0.2, 0) is 16.0 Å². The molecule has 0 aromatic carbocycles. The smallest absolute Gasteiger partial charge is 0.323 e. The van der Waals surface area contributed by atoms with Crippen molar-refractivity contribution in [3.8, 4) is 0 Å². The Kier molecular flexibility index (Phi) is 3.51. The van der Waals surface area contributed by atoms with Crippen LogP contribution in [0.3, 0.4) is 0 Å². The van der Waals surface area contributed by atoms with Gasteiger partial charge in [0.05, 0.1) is 0 Å². The van der Waals surface area contributed by atoms with Gasteiger partial charge < -0.3 is 10.5 Å². The fourth-order valence-corrected chi connectivity index (χ4v) is 1.60. The highest BCUT2D eigenvalue weighted by Crippen LogP contribution is 2.22.